The number of esters is 2. The standard InChI is InChI=1S/C12H14O3.C8H7BrO2.C4H8O.CH4/c1-9(13)3-4-10-5-7-11(8-6-10)12(14)15-2;1-11-8(10)6-2-4-7(9)5-3-6;1-3-4(2)5;/h5-8H,3-4H2,1-2H3;2-5H,1H3;3-5H,1H2,2H3;1H4. The molecule has 7 heteroatoms. The van der Waals surface area contributed by atoms with E-state index in [1.807, 2.05) is 12.1 Å². The summed E-state index contributed by atoms with van der Waals surface area (Å²) in [6.45, 7) is 6.54. The zero-order valence-electron chi connectivity index (χ0n) is 18.3. The summed E-state index contributed by atoms with van der Waals surface area (Å²) in [5, 5.41) is 8.24. The van der Waals surface area contributed by atoms with Gasteiger partial charge in [-0.15, -0.1) is 6.58 Å². The summed E-state index contributed by atoms with van der Waals surface area (Å²) in [6, 6.07) is 14.1. The summed E-state index contributed by atoms with van der Waals surface area (Å²) < 4.78 is 10.1. The van der Waals surface area contributed by atoms with Gasteiger partial charge in [0.25, 0.3) is 0 Å². The lowest BCUT2D eigenvalue weighted by atomic mass is 10.1. The predicted molar refractivity (Wildman–Crippen MR) is 131 cm³/mol. The Hall–Kier alpha value is -2.77. The Morgan fingerprint density at radius 1 is 0.969 bits per heavy atom. The molecule has 1 unspecified atom stereocenters. The monoisotopic (exact) mass is 508 g/mol. The summed E-state index contributed by atoms with van der Waals surface area (Å²) in [5.74, 6) is -0.474. The third-order valence-electron chi connectivity index (χ3n) is 3.75. The molecule has 0 aliphatic carbocycles. The number of halogens is 1. The Morgan fingerprint density at radius 3 is 1.66 bits per heavy atom. The summed E-state index contributed by atoms with van der Waals surface area (Å²) in [7, 11) is 2.72. The van der Waals surface area contributed by atoms with Gasteiger partial charge in [-0.3, -0.25) is 0 Å². The zero-order valence-corrected chi connectivity index (χ0v) is 19.8. The third kappa shape index (κ3) is 14.3. The van der Waals surface area contributed by atoms with Crippen molar-refractivity contribution < 1.29 is 29.0 Å². The lowest BCUT2D eigenvalue weighted by molar-refractivity contribution is -0.116. The maximum atomic E-state index is 11.1. The minimum Gasteiger partial charge on any atom is -0.465 e. The van der Waals surface area contributed by atoms with Crippen molar-refractivity contribution in [3.05, 3.63) is 82.3 Å². The highest BCUT2D eigenvalue weighted by atomic mass is 79.9. The van der Waals surface area contributed by atoms with Gasteiger partial charge in [-0.1, -0.05) is 41.6 Å². The minimum absolute atomic E-state index is 0. The van der Waals surface area contributed by atoms with Gasteiger partial charge >= 0.3 is 11.9 Å². The number of carbonyl (C=O) groups excluding carboxylic acids is 3. The first-order valence-corrected chi connectivity index (χ1v) is 10.2. The van der Waals surface area contributed by atoms with Crippen LogP contribution in [0.25, 0.3) is 0 Å². The van der Waals surface area contributed by atoms with E-state index in [9.17, 15) is 14.4 Å². The number of aliphatic hydroxyl groups excluding tert-OH is 1. The molecule has 0 heterocycles. The molecule has 0 amide bonds. The van der Waals surface area contributed by atoms with Gasteiger partial charge in [-0.25, -0.2) is 9.59 Å². The number of methoxy groups -OCH3 is 2. The molecule has 2 aromatic rings. The molecule has 1 atom stereocenters. The molecule has 2 aromatic carbocycles. The van der Waals surface area contributed by atoms with Crippen LogP contribution in [0.3, 0.4) is 0 Å². The average molecular weight is 509 g/mol. The smallest absolute Gasteiger partial charge is 0.337 e. The van der Waals surface area contributed by atoms with Crippen LogP contribution in [0.15, 0.2) is 65.7 Å². The number of rotatable bonds is 6. The Labute approximate surface area is 199 Å². The molecule has 0 saturated carbocycles. The molecule has 0 aliphatic rings. The fraction of sp³-hybridized carbons (Fsp3) is 0.320. The molecule has 0 aromatic heterocycles. The molecule has 0 saturated heterocycles. The third-order valence-corrected chi connectivity index (χ3v) is 4.28. The largest absolute Gasteiger partial charge is 0.465 e. The van der Waals surface area contributed by atoms with Crippen LogP contribution in [-0.4, -0.2) is 43.2 Å². The second kappa shape index (κ2) is 17.9. The Morgan fingerprint density at radius 2 is 1.34 bits per heavy atom. The number of ether oxygens (including phenoxy) is 2. The number of aryl methyl sites for hydroxylation is 1. The van der Waals surface area contributed by atoms with Gasteiger partial charge in [0, 0.05) is 10.9 Å². The van der Waals surface area contributed by atoms with E-state index in [0.29, 0.717) is 17.5 Å². The topological polar surface area (TPSA) is 89.9 Å². The van der Waals surface area contributed by atoms with E-state index in [-0.39, 0.29) is 31.3 Å². The lowest BCUT2D eigenvalue weighted by Crippen LogP contribution is -2.01. The molecule has 6 nitrogen and oxygen atoms in total. The van der Waals surface area contributed by atoms with Crippen LogP contribution >= 0.6 is 15.9 Å². The minimum atomic E-state index is -0.352. The highest BCUT2D eigenvalue weighted by Gasteiger charge is 2.04. The fourth-order valence-corrected chi connectivity index (χ4v) is 2.21. The molecular formula is C25H33BrO6. The number of benzene rings is 2. The van der Waals surface area contributed by atoms with Crippen LogP contribution in [0.1, 0.15) is 54.0 Å². The van der Waals surface area contributed by atoms with E-state index in [4.69, 9.17) is 5.11 Å². The number of hydrogen-bond donors (Lipinski definition) is 1. The maximum Gasteiger partial charge on any atom is 0.337 e. The molecule has 1 N–H and O–H groups in total. The first kappa shape index (κ1) is 31.4. The number of aliphatic hydroxyl groups is 1. The van der Waals surface area contributed by atoms with Crippen molar-refractivity contribution in [3.8, 4) is 0 Å². The van der Waals surface area contributed by atoms with E-state index in [1.54, 1.807) is 50.2 Å². The van der Waals surface area contributed by atoms with Crippen molar-refractivity contribution in [1.29, 1.82) is 0 Å². The van der Waals surface area contributed by atoms with Crippen molar-refractivity contribution >= 4 is 33.7 Å². The van der Waals surface area contributed by atoms with Gasteiger partial charge in [0.2, 0.25) is 0 Å². The molecule has 32 heavy (non-hydrogen) atoms. The molecule has 0 spiro atoms. The zero-order chi connectivity index (χ0) is 23.8. The number of ketones is 1. The van der Waals surface area contributed by atoms with Crippen molar-refractivity contribution in [2.45, 2.75) is 40.2 Å². The van der Waals surface area contributed by atoms with Gasteiger partial charge in [0.15, 0.2) is 0 Å². The first-order valence-electron chi connectivity index (χ1n) is 9.45. The summed E-state index contributed by atoms with van der Waals surface area (Å²) in [4.78, 5) is 32.8. The highest BCUT2D eigenvalue weighted by molar-refractivity contribution is 9.10. The molecule has 2 rings (SSSR count). The van der Waals surface area contributed by atoms with E-state index in [2.05, 4.69) is 32.0 Å². The highest BCUT2D eigenvalue weighted by Crippen LogP contribution is 2.11. The van der Waals surface area contributed by atoms with Crippen molar-refractivity contribution in [2.24, 2.45) is 0 Å². The molecule has 0 fully saturated rings. The second-order valence-corrected chi connectivity index (χ2v) is 7.28. The fourth-order valence-electron chi connectivity index (χ4n) is 1.95. The summed E-state index contributed by atoms with van der Waals surface area (Å²) in [6.07, 6.45) is 2.38. The van der Waals surface area contributed by atoms with E-state index in [0.717, 1.165) is 16.5 Å². The molecule has 0 radical (unpaired) electrons. The molecule has 0 aliphatic heterocycles. The van der Waals surface area contributed by atoms with E-state index in [1.165, 1.54) is 20.3 Å². The molecule has 0 bridgehead atoms. The second-order valence-electron chi connectivity index (χ2n) is 6.37. The average Bonchev–Trinajstić information content (AvgIpc) is 2.78. The quantitative estimate of drug-likeness (QED) is 0.413. The van der Waals surface area contributed by atoms with Crippen molar-refractivity contribution in [2.75, 3.05) is 14.2 Å². The van der Waals surface area contributed by atoms with Gasteiger partial charge in [0.1, 0.15) is 5.78 Å². The van der Waals surface area contributed by atoms with Crippen LogP contribution in [0.2, 0.25) is 0 Å². The van der Waals surface area contributed by atoms with Crippen LogP contribution in [0.4, 0.5) is 0 Å². The summed E-state index contributed by atoms with van der Waals surface area (Å²) in [5.41, 5.74) is 2.15. The normalized spacial score (nSPS) is 9.94. The Bertz CT molecular complexity index is 827. The van der Waals surface area contributed by atoms with Gasteiger partial charge in [0.05, 0.1) is 31.5 Å². The van der Waals surface area contributed by atoms with Crippen LogP contribution in [0, 0.1) is 0 Å². The van der Waals surface area contributed by atoms with Crippen molar-refractivity contribution in [1.82, 2.24) is 0 Å². The summed E-state index contributed by atoms with van der Waals surface area (Å²) >= 11 is 3.26. The number of Topliss-reactive ketones (excluding diaryl/α,β-unsaturated/α-hetero) is 1. The lowest BCUT2D eigenvalue weighted by Gasteiger charge is -2.01. The van der Waals surface area contributed by atoms with Crippen LogP contribution in [-0.2, 0) is 20.7 Å². The molecular weight excluding hydrogens is 476 g/mol. The predicted octanol–water partition coefficient (Wildman–Crippen LogP) is 5.42. The van der Waals surface area contributed by atoms with Crippen molar-refractivity contribution in [3.63, 3.8) is 0 Å². The van der Waals surface area contributed by atoms with E-state index < -0.39 is 0 Å². The number of hydrogen-bond acceptors (Lipinski definition) is 6. The van der Waals surface area contributed by atoms with E-state index >= 15 is 0 Å². The SMILES string of the molecule is C.C=CC(C)O.COC(=O)c1ccc(Br)cc1.COC(=O)c1ccc(CCC(C)=O)cc1. The maximum absolute atomic E-state index is 11.1. The van der Waals surface area contributed by atoms with Crippen LogP contribution < -0.4 is 0 Å². The van der Waals surface area contributed by atoms with Crippen LogP contribution in [0.5, 0.6) is 0 Å². The first-order chi connectivity index (χ1) is 14.6. The van der Waals surface area contributed by atoms with Gasteiger partial charge in [-0.2, -0.15) is 0 Å². The van der Waals surface area contributed by atoms with Gasteiger partial charge < -0.3 is 19.4 Å². The van der Waals surface area contributed by atoms with Gasteiger partial charge in [-0.05, 0) is 62.2 Å². The Balaban J connectivity index is 0. The molecule has 176 valence electrons. The Kier molecular flexibility index (Phi) is 17.5. The number of carbonyl (C=O) groups is 3.